The molecular weight excluding hydrogens is 399 g/mol. The first-order valence-corrected chi connectivity index (χ1v) is 9.79. The van der Waals surface area contributed by atoms with Crippen LogP contribution in [0.4, 0.5) is 21.5 Å². The zero-order valence-electron chi connectivity index (χ0n) is 12.5. The molecule has 2 nitrogen and oxygen atoms in total. The van der Waals surface area contributed by atoms with Crippen molar-refractivity contribution in [2.75, 3.05) is 20.5 Å². The summed E-state index contributed by atoms with van der Waals surface area (Å²) in [6.45, 7) is 0.976. The van der Waals surface area contributed by atoms with E-state index in [9.17, 15) is 4.39 Å². The number of hydrogen-bond donors (Lipinski definition) is 0. The lowest BCUT2D eigenvalue weighted by Gasteiger charge is -2.20. The molecule has 23 heavy (non-hydrogen) atoms. The number of halogens is 3. The van der Waals surface area contributed by atoms with Crippen LogP contribution in [-0.4, -0.2) is 11.9 Å². The summed E-state index contributed by atoms with van der Waals surface area (Å²) >= 11 is 11.3. The van der Waals surface area contributed by atoms with Gasteiger partial charge in [0.05, 0.1) is 34.2 Å². The van der Waals surface area contributed by atoms with E-state index in [0.717, 1.165) is 29.7 Å². The Bertz CT molecular complexity index is 685. The number of benzene rings is 2. The van der Waals surface area contributed by atoms with Crippen LogP contribution >= 0.6 is 39.7 Å². The summed E-state index contributed by atoms with van der Waals surface area (Å²) in [6.07, 6.45) is 3.52. The van der Waals surface area contributed by atoms with Crippen LogP contribution in [0.5, 0.6) is 0 Å². The van der Waals surface area contributed by atoms with E-state index >= 15 is 0 Å². The first-order valence-electron chi connectivity index (χ1n) is 7.56. The van der Waals surface area contributed by atoms with Crippen LogP contribution in [0.1, 0.15) is 19.3 Å². The number of nitrogens with zero attached hydrogens (tertiary/aromatic N) is 2. The molecular formula is C17H17BrClFN2S. The Morgan fingerprint density at radius 3 is 2.52 bits per heavy atom. The minimum atomic E-state index is -0.317. The number of para-hydroxylation sites is 2. The molecule has 122 valence electrons. The highest BCUT2D eigenvalue weighted by Gasteiger charge is 2.29. The van der Waals surface area contributed by atoms with Crippen molar-refractivity contribution >= 4 is 56.7 Å². The van der Waals surface area contributed by atoms with E-state index in [1.165, 1.54) is 30.7 Å². The van der Waals surface area contributed by atoms with Gasteiger partial charge in [-0.3, -0.25) is 8.61 Å². The first-order chi connectivity index (χ1) is 11.2. The highest BCUT2D eigenvalue weighted by Crippen LogP contribution is 2.50. The van der Waals surface area contributed by atoms with Crippen molar-refractivity contribution < 1.29 is 4.39 Å². The largest absolute Gasteiger partial charge is 0.296 e. The van der Waals surface area contributed by atoms with E-state index in [2.05, 4.69) is 36.7 Å². The Labute approximate surface area is 154 Å². The maximum absolute atomic E-state index is 13.3. The maximum atomic E-state index is 13.3. The van der Waals surface area contributed by atoms with E-state index in [0.29, 0.717) is 5.02 Å². The number of rotatable bonds is 6. The summed E-state index contributed by atoms with van der Waals surface area (Å²) in [6, 6.07) is 12.8. The molecule has 0 unspecified atom stereocenters. The molecule has 0 N–H and O–H groups in total. The van der Waals surface area contributed by atoms with Crippen molar-refractivity contribution in [3.63, 3.8) is 0 Å². The molecule has 0 bridgehead atoms. The fourth-order valence-corrected chi connectivity index (χ4v) is 4.38. The van der Waals surface area contributed by atoms with Gasteiger partial charge in [0, 0.05) is 11.9 Å². The Balaban J connectivity index is 1.83. The molecule has 1 aliphatic rings. The quantitative estimate of drug-likeness (QED) is 0.299. The fraction of sp³-hybridized carbons (Fsp3) is 0.294. The van der Waals surface area contributed by atoms with Crippen molar-refractivity contribution in [1.82, 2.24) is 0 Å². The van der Waals surface area contributed by atoms with Gasteiger partial charge in [0.1, 0.15) is 5.82 Å². The van der Waals surface area contributed by atoms with Crippen molar-refractivity contribution in [3.05, 3.63) is 53.3 Å². The summed E-state index contributed by atoms with van der Waals surface area (Å²) in [7, 11) is 0. The summed E-state index contributed by atoms with van der Waals surface area (Å²) in [5.74, 6) is -0.317. The number of hydrogen-bond acceptors (Lipinski definition) is 3. The molecule has 0 amide bonds. The first kappa shape index (κ1) is 16.9. The molecule has 2 aromatic rings. The fourth-order valence-electron chi connectivity index (χ4n) is 2.54. The zero-order valence-corrected chi connectivity index (χ0v) is 15.7. The smallest absolute Gasteiger partial charge is 0.124 e. The van der Waals surface area contributed by atoms with Gasteiger partial charge in [-0.25, -0.2) is 4.39 Å². The van der Waals surface area contributed by atoms with Gasteiger partial charge in [-0.05, 0) is 43.2 Å². The molecule has 1 aliphatic heterocycles. The second-order valence-electron chi connectivity index (χ2n) is 5.31. The summed E-state index contributed by atoms with van der Waals surface area (Å²) < 4.78 is 17.7. The van der Waals surface area contributed by atoms with Gasteiger partial charge in [-0.15, -0.1) is 0 Å². The van der Waals surface area contributed by atoms with Crippen molar-refractivity contribution in [3.8, 4) is 0 Å². The summed E-state index contributed by atoms with van der Waals surface area (Å²) in [4.78, 5) is 0. The Morgan fingerprint density at radius 2 is 1.78 bits per heavy atom. The number of alkyl halides is 1. The van der Waals surface area contributed by atoms with Crippen molar-refractivity contribution in [1.29, 1.82) is 0 Å². The molecule has 1 heterocycles. The Hall–Kier alpha value is -0.910. The van der Waals surface area contributed by atoms with Crippen LogP contribution < -0.4 is 8.61 Å². The van der Waals surface area contributed by atoms with Crippen LogP contribution in [0.3, 0.4) is 0 Å². The molecule has 0 aromatic heterocycles. The third-order valence-electron chi connectivity index (χ3n) is 3.67. The number of fused-ring (bicyclic) bond motifs is 1. The monoisotopic (exact) mass is 414 g/mol. The minimum Gasteiger partial charge on any atom is -0.296 e. The summed E-state index contributed by atoms with van der Waals surface area (Å²) in [5, 5.41) is 1.47. The highest BCUT2D eigenvalue weighted by atomic mass is 79.9. The van der Waals surface area contributed by atoms with Gasteiger partial charge in [0.2, 0.25) is 0 Å². The SMILES string of the molecule is Fc1ccc(N2SN(CCCCCBr)c3ccccc32)c(Cl)c1. The topological polar surface area (TPSA) is 6.48 Å². The van der Waals surface area contributed by atoms with Crippen LogP contribution in [0.15, 0.2) is 42.5 Å². The second-order valence-corrected chi connectivity index (χ2v) is 7.48. The molecule has 0 spiro atoms. The lowest BCUT2D eigenvalue weighted by molar-refractivity contribution is 0.628. The van der Waals surface area contributed by atoms with Crippen LogP contribution in [0.2, 0.25) is 5.02 Å². The zero-order chi connectivity index (χ0) is 16.2. The molecule has 0 radical (unpaired) electrons. The molecule has 0 aliphatic carbocycles. The molecule has 0 fully saturated rings. The van der Waals surface area contributed by atoms with E-state index in [-0.39, 0.29) is 5.82 Å². The maximum Gasteiger partial charge on any atom is 0.124 e. The molecule has 2 aromatic carbocycles. The van der Waals surface area contributed by atoms with Crippen molar-refractivity contribution in [2.24, 2.45) is 0 Å². The normalized spacial score (nSPS) is 13.5. The standard InChI is InChI=1S/C17H17BrClFN2S/c18-10-4-1-5-11-21-16-6-2-3-7-17(16)22(23-21)15-9-8-13(20)12-14(15)19/h2-3,6-9,12H,1,4-5,10-11H2. The van der Waals surface area contributed by atoms with Crippen LogP contribution in [-0.2, 0) is 0 Å². The lowest BCUT2D eigenvalue weighted by atomic mass is 10.2. The van der Waals surface area contributed by atoms with Gasteiger partial charge < -0.3 is 0 Å². The van der Waals surface area contributed by atoms with E-state index in [1.54, 1.807) is 18.2 Å². The second kappa shape index (κ2) is 7.77. The molecule has 3 rings (SSSR count). The van der Waals surface area contributed by atoms with Crippen molar-refractivity contribution in [2.45, 2.75) is 19.3 Å². The van der Waals surface area contributed by atoms with Gasteiger partial charge in [-0.2, -0.15) is 0 Å². The Morgan fingerprint density at radius 1 is 1.00 bits per heavy atom. The minimum absolute atomic E-state index is 0.317. The summed E-state index contributed by atoms with van der Waals surface area (Å²) in [5.41, 5.74) is 3.08. The van der Waals surface area contributed by atoms with Gasteiger partial charge in [0.15, 0.2) is 0 Å². The number of unbranched alkanes of at least 4 members (excludes halogenated alkanes) is 2. The van der Waals surface area contributed by atoms with E-state index in [1.807, 2.05) is 12.1 Å². The van der Waals surface area contributed by atoms with Gasteiger partial charge in [0.25, 0.3) is 0 Å². The number of anilines is 3. The highest BCUT2D eigenvalue weighted by molar-refractivity contribution is 9.09. The van der Waals surface area contributed by atoms with E-state index < -0.39 is 0 Å². The third kappa shape index (κ3) is 3.78. The van der Waals surface area contributed by atoms with Crippen LogP contribution in [0.25, 0.3) is 0 Å². The molecule has 0 atom stereocenters. The van der Waals surface area contributed by atoms with Gasteiger partial charge >= 0.3 is 0 Å². The average molecular weight is 416 g/mol. The predicted molar refractivity (Wildman–Crippen MR) is 103 cm³/mol. The van der Waals surface area contributed by atoms with E-state index in [4.69, 9.17) is 11.6 Å². The molecule has 6 heteroatoms. The third-order valence-corrected chi connectivity index (χ3v) is 5.67. The van der Waals surface area contributed by atoms with Crippen LogP contribution in [0, 0.1) is 5.82 Å². The Kier molecular flexibility index (Phi) is 5.72. The lowest BCUT2D eigenvalue weighted by Crippen LogP contribution is -2.15. The molecule has 0 saturated carbocycles. The van der Waals surface area contributed by atoms with Gasteiger partial charge in [-0.1, -0.05) is 46.1 Å². The average Bonchev–Trinajstić information content (AvgIpc) is 2.91. The predicted octanol–water partition coefficient (Wildman–Crippen LogP) is 6.57. The molecule has 0 saturated heterocycles.